The van der Waals surface area contributed by atoms with E-state index < -0.39 is 5.54 Å². The van der Waals surface area contributed by atoms with Gasteiger partial charge in [-0.2, -0.15) is 0 Å². The Hall–Kier alpha value is -0.570. The molecule has 110 valence electrons. The Bertz CT molecular complexity index is 317. The summed E-state index contributed by atoms with van der Waals surface area (Å²) in [5.41, 5.74) is -0.413. The predicted molar refractivity (Wildman–Crippen MR) is 77.0 cm³/mol. The van der Waals surface area contributed by atoms with E-state index in [9.17, 15) is 4.79 Å². The lowest BCUT2D eigenvalue weighted by molar-refractivity contribution is -0.154. The molecule has 2 aliphatic rings. The summed E-state index contributed by atoms with van der Waals surface area (Å²) < 4.78 is 5.34. The molecular formula is C16H29NO2. The van der Waals surface area contributed by atoms with Crippen molar-refractivity contribution in [2.75, 3.05) is 6.61 Å². The van der Waals surface area contributed by atoms with E-state index in [1.165, 1.54) is 38.5 Å². The summed E-state index contributed by atoms with van der Waals surface area (Å²) in [4.78, 5) is 12.4. The maximum absolute atomic E-state index is 12.4. The number of ether oxygens (including phenoxy) is 1. The number of rotatable bonds is 5. The Kier molecular flexibility index (Phi) is 4.54. The molecule has 2 rings (SSSR count). The van der Waals surface area contributed by atoms with Gasteiger partial charge in [0.2, 0.25) is 0 Å². The first-order valence-electron chi connectivity index (χ1n) is 7.97. The van der Waals surface area contributed by atoms with E-state index in [0.717, 1.165) is 12.8 Å². The van der Waals surface area contributed by atoms with Crippen LogP contribution in [0.2, 0.25) is 0 Å². The molecule has 0 spiro atoms. The van der Waals surface area contributed by atoms with Crippen LogP contribution >= 0.6 is 0 Å². The second-order valence-electron chi connectivity index (χ2n) is 6.74. The van der Waals surface area contributed by atoms with Crippen molar-refractivity contribution < 1.29 is 9.53 Å². The van der Waals surface area contributed by atoms with E-state index in [0.29, 0.717) is 12.6 Å². The van der Waals surface area contributed by atoms with Crippen molar-refractivity contribution in [2.24, 2.45) is 5.41 Å². The zero-order chi connectivity index (χ0) is 13.9. The fraction of sp³-hybridized carbons (Fsp3) is 0.938. The van der Waals surface area contributed by atoms with Gasteiger partial charge < -0.3 is 4.74 Å². The topological polar surface area (TPSA) is 38.3 Å². The number of carbonyl (C=O) groups is 1. The molecule has 0 aromatic heterocycles. The third-order valence-corrected chi connectivity index (χ3v) is 5.24. The highest BCUT2D eigenvalue weighted by Crippen LogP contribution is 2.54. The zero-order valence-electron chi connectivity index (χ0n) is 12.8. The quantitative estimate of drug-likeness (QED) is 0.612. The van der Waals surface area contributed by atoms with Gasteiger partial charge in [0.15, 0.2) is 0 Å². The monoisotopic (exact) mass is 267 g/mol. The van der Waals surface area contributed by atoms with Crippen LogP contribution in [-0.4, -0.2) is 24.2 Å². The van der Waals surface area contributed by atoms with Gasteiger partial charge >= 0.3 is 5.97 Å². The molecule has 1 atom stereocenters. The molecule has 0 aromatic carbocycles. The van der Waals surface area contributed by atoms with Crippen molar-refractivity contribution in [1.29, 1.82) is 0 Å². The second kappa shape index (κ2) is 5.82. The van der Waals surface area contributed by atoms with E-state index in [1.807, 2.05) is 6.92 Å². The van der Waals surface area contributed by atoms with Gasteiger partial charge in [-0.1, -0.05) is 32.6 Å². The summed E-state index contributed by atoms with van der Waals surface area (Å²) in [5, 5.41) is 3.68. The minimum absolute atomic E-state index is 0.0563. The molecule has 2 saturated carbocycles. The Balaban J connectivity index is 2.07. The Morgan fingerprint density at radius 1 is 1.26 bits per heavy atom. The number of carbonyl (C=O) groups excluding carboxylic acids is 1. The summed E-state index contributed by atoms with van der Waals surface area (Å²) in [5.74, 6) is -0.0563. The van der Waals surface area contributed by atoms with Gasteiger partial charge in [0.05, 0.1) is 6.61 Å². The molecular weight excluding hydrogens is 238 g/mol. The van der Waals surface area contributed by atoms with Crippen LogP contribution in [0.4, 0.5) is 0 Å². The number of esters is 1. The lowest BCUT2D eigenvalue weighted by Crippen LogP contribution is -2.59. The SMILES string of the molecule is CCOC(=O)C(C)(NC1CCCCCC1)C1(C)CC1. The maximum Gasteiger partial charge on any atom is 0.326 e. The van der Waals surface area contributed by atoms with Crippen LogP contribution in [0.5, 0.6) is 0 Å². The largest absolute Gasteiger partial charge is 0.465 e. The molecule has 3 nitrogen and oxygen atoms in total. The summed E-state index contributed by atoms with van der Waals surface area (Å²) >= 11 is 0. The summed E-state index contributed by atoms with van der Waals surface area (Å²) in [6, 6.07) is 0.481. The summed E-state index contributed by atoms with van der Waals surface area (Å²) in [7, 11) is 0. The molecule has 19 heavy (non-hydrogen) atoms. The molecule has 2 fully saturated rings. The molecule has 0 bridgehead atoms. The first-order valence-corrected chi connectivity index (χ1v) is 7.97. The van der Waals surface area contributed by atoms with Crippen LogP contribution < -0.4 is 5.32 Å². The Morgan fingerprint density at radius 2 is 1.84 bits per heavy atom. The summed E-state index contributed by atoms with van der Waals surface area (Å²) in [6.45, 7) is 6.63. The van der Waals surface area contributed by atoms with Gasteiger partial charge in [0.25, 0.3) is 0 Å². The lowest BCUT2D eigenvalue weighted by Gasteiger charge is -2.38. The highest BCUT2D eigenvalue weighted by molar-refractivity contribution is 5.82. The van der Waals surface area contributed by atoms with Gasteiger partial charge in [-0.15, -0.1) is 0 Å². The molecule has 2 aliphatic carbocycles. The van der Waals surface area contributed by atoms with Crippen LogP contribution in [0.25, 0.3) is 0 Å². The Labute approximate surface area is 117 Å². The van der Waals surface area contributed by atoms with Crippen molar-refractivity contribution in [3.8, 4) is 0 Å². The Morgan fingerprint density at radius 3 is 2.32 bits per heavy atom. The van der Waals surface area contributed by atoms with E-state index in [-0.39, 0.29) is 11.4 Å². The van der Waals surface area contributed by atoms with Crippen molar-refractivity contribution in [2.45, 2.75) is 83.7 Å². The van der Waals surface area contributed by atoms with Gasteiger partial charge in [0, 0.05) is 6.04 Å². The lowest BCUT2D eigenvalue weighted by atomic mass is 9.82. The molecule has 1 N–H and O–H groups in total. The average molecular weight is 267 g/mol. The van der Waals surface area contributed by atoms with E-state index in [2.05, 4.69) is 19.2 Å². The van der Waals surface area contributed by atoms with Gasteiger partial charge in [-0.3, -0.25) is 10.1 Å². The van der Waals surface area contributed by atoms with Crippen molar-refractivity contribution >= 4 is 5.97 Å². The van der Waals surface area contributed by atoms with Crippen molar-refractivity contribution in [1.82, 2.24) is 5.32 Å². The van der Waals surface area contributed by atoms with Gasteiger partial charge in [-0.05, 0) is 44.9 Å². The molecule has 0 radical (unpaired) electrons. The van der Waals surface area contributed by atoms with Crippen LogP contribution in [0.3, 0.4) is 0 Å². The molecule has 0 aliphatic heterocycles. The molecule has 0 amide bonds. The molecule has 0 heterocycles. The minimum atomic E-state index is -0.502. The normalized spacial score (nSPS) is 26.3. The van der Waals surface area contributed by atoms with Crippen LogP contribution in [0.1, 0.15) is 72.1 Å². The van der Waals surface area contributed by atoms with Crippen LogP contribution in [-0.2, 0) is 9.53 Å². The maximum atomic E-state index is 12.4. The summed E-state index contributed by atoms with van der Waals surface area (Å²) in [6.07, 6.45) is 9.90. The third kappa shape index (κ3) is 3.13. The van der Waals surface area contributed by atoms with Gasteiger partial charge in [0.1, 0.15) is 5.54 Å². The standard InChI is InChI=1S/C16H29NO2/c1-4-19-14(18)16(3,15(2)11-12-15)17-13-9-7-5-6-8-10-13/h13,17H,4-12H2,1-3H3. The van der Waals surface area contributed by atoms with Gasteiger partial charge in [-0.25, -0.2) is 0 Å². The van der Waals surface area contributed by atoms with E-state index in [4.69, 9.17) is 4.74 Å². The highest BCUT2D eigenvalue weighted by atomic mass is 16.5. The fourth-order valence-corrected chi connectivity index (χ4v) is 3.27. The first kappa shape index (κ1) is 14.8. The predicted octanol–water partition coefficient (Wildman–Crippen LogP) is 3.42. The minimum Gasteiger partial charge on any atom is -0.465 e. The van der Waals surface area contributed by atoms with Crippen molar-refractivity contribution in [3.05, 3.63) is 0 Å². The average Bonchev–Trinajstić information content (AvgIpc) is 3.15. The first-order chi connectivity index (χ1) is 9.02. The second-order valence-corrected chi connectivity index (χ2v) is 6.74. The van der Waals surface area contributed by atoms with Crippen LogP contribution in [0, 0.1) is 5.41 Å². The molecule has 0 aromatic rings. The number of hydrogen-bond acceptors (Lipinski definition) is 3. The van der Waals surface area contributed by atoms with Crippen molar-refractivity contribution in [3.63, 3.8) is 0 Å². The molecule has 3 heteroatoms. The van der Waals surface area contributed by atoms with E-state index >= 15 is 0 Å². The van der Waals surface area contributed by atoms with E-state index in [1.54, 1.807) is 0 Å². The smallest absolute Gasteiger partial charge is 0.326 e. The fourth-order valence-electron chi connectivity index (χ4n) is 3.27. The third-order valence-electron chi connectivity index (χ3n) is 5.24. The number of nitrogens with one attached hydrogen (secondary N) is 1. The zero-order valence-corrected chi connectivity index (χ0v) is 12.8. The highest BCUT2D eigenvalue weighted by Gasteiger charge is 2.58. The molecule has 1 unspecified atom stereocenters. The number of hydrogen-bond donors (Lipinski definition) is 1. The van der Waals surface area contributed by atoms with Crippen LogP contribution in [0.15, 0.2) is 0 Å². The molecule has 0 saturated heterocycles.